The van der Waals surface area contributed by atoms with Crippen LogP contribution in [0.2, 0.25) is 10.0 Å². The Hall–Kier alpha value is -1.33. The Bertz CT molecular complexity index is 966. The fourth-order valence-electron chi connectivity index (χ4n) is 2.32. The first-order valence-electron chi connectivity index (χ1n) is 7.99. The van der Waals surface area contributed by atoms with E-state index in [9.17, 15) is 13.2 Å². The predicted molar refractivity (Wildman–Crippen MR) is 117 cm³/mol. The van der Waals surface area contributed by atoms with Crippen molar-refractivity contribution in [3.63, 3.8) is 0 Å². The van der Waals surface area contributed by atoms with Crippen molar-refractivity contribution in [1.29, 1.82) is 0 Å². The Morgan fingerprint density at radius 2 is 2.11 bits per heavy atom. The number of thioether (sulfide) groups is 1. The summed E-state index contributed by atoms with van der Waals surface area (Å²) in [6.07, 6.45) is 3.00. The molecule has 1 aromatic heterocycles. The highest BCUT2D eigenvalue weighted by atomic mass is 35.5. The number of aromatic nitrogens is 2. The number of benzene rings is 1. The second-order valence-corrected chi connectivity index (χ2v) is 10.5. The van der Waals surface area contributed by atoms with E-state index in [4.69, 9.17) is 23.2 Å². The highest BCUT2D eigenvalue weighted by Gasteiger charge is 2.32. The molecule has 152 valence electrons. The summed E-state index contributed by atoms with van der Waals surface area (Å²) in [5.74, 6) is 0.148. The van der Waals surface area contributed by atoms with Gasteiger partial charge in [0.25, 0.3) is 0 Å². The Kier molecular flexibility index (Phi) is 8.14. The van der Waals surface area contributed by atoms with Crippen LogP contribution in [0.25, 0.3) is 0 Å². The Morgan fingerprint density at radius 3 is 2.68 bits per heavy atom. The second kappa shape index (κ2) is 9.93. The number of halogens is 2. The molecule has 0 aliphatic rings. The number of carbonyl (C=O) groups is 1. The van der Waals surface area contributed by atoms with E-state index in [1.807, 2.05) is 0 Å². The average molecular weight is 481 g/mol. The molecule has 1 amide bonds. The van der Waals surface area contributed by atoms with Gasteiger partial charge in [0.05, 0.1) is 22.0 Å². The lowest BCUT2D eigenvalue weighted by Crippen LogP contribution is -2.47. The quantitative estimate of drug-likeness (QED) is 0.326. The van der Waals surface area contributed by atoms with Crippen molar-refractivity contribution in [2.24, 2.45) is 0 Å². The standard InChI is InChI=1S/C16H18Cl2N4O3S3/c1-4-8-26-16-21-20-15(27-16)19-14(23)13(5-2)22(28(3,24)25)10-6-7-11(17)12(18)9-10/h4,6-7,9,13H,1,5,8H2,2-3H3,(H,19,20,23)/t13-/m0/s1. The number of amides is 1. The van der Waals surface area contributed by atoms with Crippen LogP contribution in [-0.2, 0) is 14.8 Å². The summed E-state index contributed by atoms with van der Waals surface area (Å²) in [6.45, 7) is 5.35. The molecule has 0 aliphatic heterocycles. The van der Waals surface area contributed by atoms with E-state index in [-0.39, 0.29) is 27.3 Å². The number of hydrogen-bond acceptors (Lipinski definition) is 7. The highest BCUT2D eigenvalue weighted by molar-refractivity contribution is 8.01. The second-order valence-electron chi connectivity index (χ2n) is 5.54. The zero-order valence-electron chi connectivity index (χ0n) is 15.1. The highest BCUT2D eigenvalue weighted by Crippen LogP contribution is 2.31. The summed E-state index contributed by atoms with van der Waals surface area (Å²) in [7, 11) is -3.78. The van der Waals surface area contributed by atoms with Gasteiger partial charge in [-0.25, -0.2) is 8.42 Å². The number of hydrogen-bond donors (Lipinski definition) is 1. The molecular weight excluding hydrogens is 463 g/mol. The molecule has 1 heterocycles. The number of anilines is 2. The SMILES string of the molecule is C=CCSc1nnc(NC(=O)[C@H](CC)N(c2ccc(Cl)c(Cl)c2)S(C)(=O)=O)s1. The number of rotatable bonds is 9. The molecule has 0 spiro atoms. The molecule has 0 unspecified atom stereocenters. The van der Waals surface area contributed by atoms with Gasteiger partial charge in [0, 0.05) is 5.75 Å². The first-order chi connectivity index (χ1) is 13.2. The van der Waals surface area contributed by atoms with E-state index in [1.54, 1.807) is 13.0 Å². The molecule has 12 heteroatoms. The van der Waals surface area contributed by atoms with Gasteiger partial charge in [-0.3, -0.25) is 14.4 Å². The minimum Gasteiger partial charge on any atom is -0.299 e. The Balaban J connectivity index is 2.29. The van der Waals surface area contributed by atoms with Crippen molar-refractivity contribution in [2.45, 2.75) is 23.7 Å². The number of sulfonamides is 1. The first kappa shape index (κ1) is 23.0. The lowest BCUT2D eigenvalue weighted by molar-refractivity contribution is -0.117. The molecule has 1 N–H and O–H groups in total. The Morgan fingerprint density at radius 1 is 1.39 bits per heavy atom. The number of nitrogens with zero attached hydrogens (tertiary/aromatic N) is 3. The van der Waals surface area contributed by atoms with Gasteiger partial charge >= 0.3 is 0 Å². The molecule has 28 heavy (non-hydrogen) atoms. The molecule has 2 aromatic rings. The van der Waals surface area contributed by atoms with E-state index in [1.165, 1.54) is 41.3 Å². The molecule has 7 nitrogen and oxygen atoms in total. The van der Waals surface area contributed by atoms with E-state index >= 15 is 0 Å². The fourth-order valence-corrected chi connectivity index (χ4v) is 5.33. The maximum atomic E-state index is 12.8. The summed E-state index contributed by atoms with van der Waals surface area (Å²) >= 11 is 14.6. The van der Waals surface area contributed by atoms with Gasteiger partial charge in [-0.05, 0) is 24.6 Å². The van der Waals surface area contributed by atoms with Crippen molar-refractivity contribution < 1.29 is 13.2 Å². The normalized spacial score (nSPS) is 12.4. The van der Waals surface area contributed by atoms with E-state index in [0.717, 1.165) is 10.6 Å². The van der Waals surface area contributed by atoms with Crippen LogP contribution < -0.4 is 9.62 Å². The van der Waals surface area contributed by atoms with Gasteiger partial charge in [-0.1, -0.05) is 59.3 Å². The summed E-state index contributed by atoms with van der Waals surface area (Å²) in [5, 5.41) is 11.3. The van der Waals surface area contributed by atoms with Crippen molar-refractivity contribution in [1.82, 2.24) is 10.2 Å². The van der Waals surface area contributed by atoms with Crippen LogP contribution in [-0.4, -0.2) is 42.6 Å². The third-order valence-electron chi connectivity index (χ3n) is 3.45. The Labute approximate surface area is 182 Å². The summed E-state index contributed by atoms with van der Waals surface area (Å²) in [6, 6.07) is 3.40. The van der Waals surface area contributed by atoms with Crippen molar-refractivity contribution in [3.05, 3.63) is 40.9 Å². The molecule has 0 fully saturated rings. The molecular formula is C16H18Cl2N4O3S3. The average Bonchev–Trinajstić information content (AvgIpc) is 3.06. The summed E-state index contributed by atoms with van der Waals surface area (Å²) in [4.78, 5) is 12.8. The fraction of sp³-hybridized carbons (Fsp3) is 0.312. The van der Waals surface area contributed by atoms with Crippen LogP contribution in [0, 0.1) is 0 Å². The van der Waals surface area contributed by atoms with Crippen LogP contribution >= 0.6 is 46.3 Å². The molecule has 1 aromatic carbocycles. The van der Waals surface area contributed by atoms with Crippen molar-refractivity contribution >= 4 is 73.0 Å². The van der Waals surface area contributed by atoms with Gasteiger partial charge in [0.15, 0.2) is 4.34 Å². The van der Waals surface area contributed by atoms with Gasteiger partial charge in [0.2, 0.25) is 21.1 Å². The minimum absolute atomic E-state index is 0.191. The van der Waals surface area contributed by atoms with Gasteiger partial charge in [0.1, 0.15) is 6.04 Å². The molecule has 0 bridgehead atoms. The topological polar surface area (TPSA) is 92.3 Å². The lowest BCUT2D eigenvalue weighted by atomic mass is 10.2. The van der Waals surface area contributed by atoms with Crippen molar-refractivity contribution in [2.75, 3.05) is 21.6 Å². The van der Waals surface area contributed by atoms with E-state index in [0.29, 0.717) is 10.1 Å². The zero-order chi connectivity index (χ0) is 20.9. The molecule has 2 rings (SSSR count). The van der Waals surface area contributed by atoms with Crippen LogP contribution in [0.15, 0.2) is 35.2 Å². The largest absolute Gasteiger partial charge is 0.299 e. The molecule has 1 atom stereocenters. The third kappa shape index (κ3) is 5.84. The third-order valence-corrected chi connectivity index (χ3v) is 7.34. The van der Waals surface area contributed by atoms with Crippen LogP contribution in [0.3, 0.4) is 0 Å². The van der Waals surface area contributed by atoms with Gasteiger partial charge in [-0.15, -0.1) is 16.8 Å². The smallest absolute Gasteiger partial charge is 0.250 e. The molecule has 0 saturated carbocycles. The van der Waals surface area contributed by atoms with E-state index in [2.05, 4.69) is 22.1 Å². The predicted octanol–water partition coefficient (Wildman–Crippen LogP) is 4.31. The lowest BCUT2D eigenvalue weighted by Gasteiger charge is -2.30. The van der Waals surface area contributed by atoms with Gasteiger partial charge in [-0.2, -0.15) is 0 Å². The van der Waals surface area contributed by atoms with Gasteiger partial charge < -0.3 is 0 Å². The summed E-state index contributed by atoms with van der Waals surface area (Å²) in [5.41, 5.74) is 0.249. The maximum absolute atomic E-state index is 12.8. The maximum Gasteiger partial charge on any atom is 0.250 e. The molecule has 0 saturated heterocycles. The number of nitrogens with one attached hydrogen (secondary N) is 1. The number of carbonyl (C=O) groups excluding carboxylic acids is 1. The summed E-state index contributed by atoms with van der Waals surface area (Å²) < 4.78 is 26.6. The zero-order valence-corrected chi connectivity index (χ0v) is 19.0. The monoisotopic (exact) mass is 480 g/mol. The minimum atomic E-state index is -3.78. The van der Waals surface area contributed by atoms with Crippen LogP contribution in [0.5, 0.6) is 0 Å². The first-order valence-corrected chi connectivity index (χ1v) is 12.4. The van der Waals surface area contributed by atoms with E-state index < -0.39 is 22.0 Å². The molecule has 0 radical (unpaired) electrons. The van der Waals surface area contributed by atoms with Crippen molar-refractivity contribution in [3.8, 4) is 0 Å². The van der Waals surface area contributed by atoms with Crippen LogP contribution in [0.4, 0.5) is 10.8 Å². The molecule has 0 aliphatic carbocycles. The van der Waals surface area contributed by atoms with Crippen LogP contribution in [0.1, 0.15) is 13.3 Å².